The van der Waals surface area contributed by atoms with Crippen molar-refractivity contribution >= 4 is 23.5 Å². The van der Waals surface area contributed by atoms with Crippen LogP contribution in [0.1, 0.15) is 35.0 Å². The molecule has 0 saturated carbocycles. The third kappa shape index (κ3) is 7.47. The molecular weight excluding hydrogens is 410 g/mol. The Morgan fingerprint density at radius 3 is 2.55 bits per heavy atom. The molecule has 0 aliphatic carbocycles. The minimum absolute atomic E-state index is 0.186. The molecule has 164 valence electrons. The van der Waals surface area contributed by atoms with E-state index < -0.39 is 6.10 Å². The number of benzene rings is 2. The van der Waals surface area contributed by atoms with Crippen LogP contribution in [0.4, 0.5) is 0 Å². The summed E-state index contributed by atoms with van der Waals surface area (Å²) < 4.78 is 5.89. The van der Waals surface area contributed by atoms with Crippen LogP contribution in [0, 0.1) is 6.92 Å². The Hall–Kier alpha value is -2.74. The number of nitrogens with one attached hydrogen (secondary N) is 1. The van der Waals surface area contributed by atoms with Crippen molar-refractivity contribution in [2.24, 2.45) is 0 Å². The van der Waals surface area contributed by atoms with Crippen LogP contribution in [0.15, 0.2) is 48.5 Å². The molecule has 0 aliphatic rings. The highest BCUT2D eigenvalue weighted by Gasteiger charge is 2.19. The molecule has 0 spiro atoms. The van der Waals surface area contributed by atoms with Gasteiger partial charge in [-0.05, 0) is 63.1 Å². The molecule has 3 rings (SSSR count). The zero-order valence-corrected chi connectivity index (χ0v) is 18.9. The maximum Gasteiger partial charge on any atom is 0.140 e. The Morgan fingerprint density at radius 2 is 1.84 bits per heavy atom. The number of para-hydroxylation sites is 1. The first-order valence-electron chi connectivity index (χ1n) is 10.2. The van der Waals surface area contributed by atoms with E-state index in [1.807, 2.05) is 55.5 Å². The molecule has 3 aromatic rings. The van der Waals surface area contributed by atoms with Gasteiger partial charge < -0.3 is 20.3 Å². The Kier molecular flexibility index (Phi) is 7.79. The molecule has 1 heterocycles. The summed E-state index contributed by atoms with van der Waals surface area (Å²) in [7, 11) is 0. The van der Waals surface area contributed by atoms with Crippen LogP contribution in [-0.2, 0) is 6.42 Å². The Morgan fingerprint density at radius 1 is 1.10 bits per heavy atom. The summed E-state index contributed by atoms with van der Waals surface area (Å²) in [5.74, 6) is 0.970. The van der Waals surface area contributed by atoms with Crippen molar-refractivity contribution < 1.29 is 14.9 Å². The summed E-state index contributed by atoms with van der Waals surface area (Å²) in [5, 5.41) is 33.1. The molecular formula is C24H29N3O3S. The van der Waals surface area contributed by atoms with E-state index in [-0.39, 0.29) is 17.9 Å². The highest BCUT2D eigenvalue weighted by Crippen LogP contribution is 2.22. The van der Waals surface area contributed by atoms with E-state index in [1.165, 1.54) is 11.3 Å². The maximum atomic E-state index is 10.4. The molecule has 6 nitrogen and oxygen atoms in total. The third-order valence-electron chi connectivity index (χ3n) is 4.70. The van der Waals surface area contributed by atoms with Crippen molar-refractivity contribution in [3.05, 3.63) is 69.7 Å². The van der Waals surface area contributed by atoms with Crippen LogP contribution < -0.4 is 10.1 Å². The number of phenols is 1. The number of β-amino-alcohol motifs (C(OH)–C–C–N with tert-alkyl or cyclic N) is 1. The lowest BCUT2D eigenvalue weighted by atomic mass is 9.94. The summed E-state index contributed by atoms with van der Waals surface area (Å²) in [5.41, 5.74) is 1.83. The van der Waals surface area contributed by atoms with Crippen LogP contribution in [-0.4, -0.2) is 45.2 Å². The van der Waals surface area contributed by atoms with Crippen molar-refractivity contribution in [2.45, 2.75) is 38.8 Å². The zero-order valence-electron chi connectivity index (χ0n) is 18.1. The number of hydrogen-bond acceptors (Lipinski definition) is 7. The standard InChI is InChI=1S/C24H29N3O3S/c1-17-26-27-23(31-17)13-10-19-6-4-5-7-22(19)30-16-21(29)15-25-24(2,3)14-18-8-11-20(28)12-9-18/h4-13,21,25,28-29H,14-16H2,1-3H3/b13-10-. The summed E-state index contributed by atoms with van der Waals surface area (Å²) in [4.78, 5) is 0. The Balaban J connectivity index is 1.50. The molecule has 1 atom stereocenters. The average Bonchev–Trinajstić information content (AvgIpc) is 3.16. The second kappa shape index (κ2) is 10.5. The first-order valence-corrected chi connectivity index (χ1v) is 11.0. The second-order valence-electron chi connectivity index (χ2n) is 8.10. The van der Waals surface area contributed by atoms with E-state index in [2.05, 4.69) is 29.4 Å². The molecule has 1 aromatic heterocycles. The highest BCUT2D eigenvalue weighted by molar-refractivity contribution is 7.12. The SMILES string of the molecule is Cc1nnc(/C=C\c2ccccc2OCC(O)CNC(C)(C)Cc2ccc(O)cc2)s1. The predicted molar refractivity (Wildman–Crippen MR) is 125 cm³/mol. The van der Waals surface area contributed by atoms with E-state index in [0.29, 0.717) is 12.3 Å². The number of phenolic OH excluding ortho intramolecular Hbond substituents is 1. The van der Waals surface area contributed by atoms with Crippen LogP contribution in [0.2, 0.25) is 0 Å². The molecule has 2 aromatic carbocycles. The topological polar surface area (TPSA) is 87.5 Å². The average molecular weight is 440 g/mol. The number of aliphatic hydroxyl groups excluding tert-OH is 1. The summed E-state index contributed by atoms with van der Waals surface area (Å²) >= 11 is 1.53. The van der Waals surface area contributed by atoms with Crippen molar-refractivity contribution in [3.8, 4) is 11.5 Å². The third-order valence-corrected chi connectivity index (χ3v) is 5.50. The van der Waals surface area contributed by atoms with Gasteiger partial charge in [0.15, 0.2) is 0 Å². The Bertz CT molecular complexity index is 999. The lowest BCUT2D eigenvalue weighted by Gasteiger charge is -2.28. The van der Waals surface area contributed by atoms with Crippen molar-refractivity contribution in [1.82, 2.24) is 15.5 Å². The van der Waals surface area contributed by atoms with Gasteiger partial charge in [0.2, 0.25) is 0 Å². The number of hydrogen-bond donors (Lipinski definition) is 3. The monoisotopic (exact) mass is 439 g/mol. The van der Waals surface area contributed by atoms with Gasteiger partial charge in [-0.15, -0.1) is 10.2 Å². The van der Waals surface area contributed by atoms with Crippen LogP contribution in [0.3, 0.4) is 0 Å². The van der Waals surface area contributed by atoms with Crippen molar-refractivity contribution in [1.29, 1.82) is 0 Å². The number of ether oxygens (including phenoxy) is 1. The van der Waals surface area contributed by atoms with Crippen LogP contribution in [0.5, 0.6) is 11.5 Å². The van der Waals surface area contributed by atoms with Gasteiger partial charge in [0.25, 0.3) is 0 Å². The molecule has 1 unspecified atom stereocenters. The summed E-state index contributed by atoms with van der Waals surface area (Å²) in [6.45, 7) is 6.69. The van der Waals surface area contributed by atoms with Gasteiger partial charge >= 0.3 is 0 Å². The second-order valence-corrected chi connectivity index (χ2v) is 9.32. The van der Waals surface area contributed by atoms with Gasteiger partial charge in [0.05, 0.1) is 0 Å². The summed E-state index contributed by atoms with van der Waals surface area (Å²) in [6, 6.07) is 14.9. The molecule has 0 radical (unpaired) electrons. The highest BCUT2D eigenvalue weighted by atomic mass is 32.1. The largest absolute Gasteiger partial charge is 0.508 e. The number of rotatable bonds is 10. The molecule has 0 aliphatic heterocycles. The minimum atomic E-state index is -0.651. The number of aromatic nitrogens is 2. The van der Waals surface area contributed by atoms with Gasteiger partial charge in [0.1, 0.15) is 34.2 Å². The van der Waals surface area contributed by atoms with Gasteiger partial charge in [-0.1, -0.05) is 41.7 Å². The quantitative estimate of drug-likeness (QED) is 0.441. The van der Waals surface area contributed by atoms with Crippen LogP contribution >= 0.6 is 11.3 Å². The zero-order chi connectivity index (χ0) is 22.3. The van der Waals surface area contributed by atoms with Crippen molar-refractivity contribution in [2.75, 3.05) is 13.2 Å². The number of aliphatic hydroxyl groups is 1. The molecule has 0 amide bonds. The van der Waals surface area contributed by atoms with E-state index in [1.54, 1.807) is 12.1 Å². The minimum Gasteiger partial charge on any atom is -0.508 e. The fraction of sp³-hybridized carbons (Fsp3) is 0.333. The van der Waals surface area contributed by atoms with Gasteiger partial charge in [-0.25, -0.2) is 0 Å². The number of aryl methyl sites for hydroxylation is 1. The predicted octanol–water partition coefficient (Wildman–Crippen LogP) is 4.07. The van der Waals surface area contributed by atoms with Gasteiger partial charge in [-0.3, -0.25) is 0 Å². The molecule has 7 heteroatoms. The fourth-order valence-electron chi connectivity index (χ4n) is 3.12. The molecule has 3 N–H and O–H groups in total. The van der Waals surface area contributed by atoms with E-state index in [0.717, 1.165) is 27.6 Å². The number of nitrogens with zero attached hydrogens (tertiary/aromatic N) is 2. The molecule has 31 heavy (non-hydrogen) atoms. The maximum absolute atomic E-state index is 10.4. The van der Waals surface area contributed by atoms with Crippen molar-refractivity contribution in [3.63, 3.8) is 0 Å². The lowest BCUT2D eigenvalue weighted by Crippen LogP contribution is -2.46. The first kappa shape index (κ1) is 22.9. The molecule has 0 saturated heterocycles. The van der Waals surface area contributed by atoms with Gasteiger partial charge in [-0.2, -0.15) is 0 Å². The molecule has 0 bridgehead atoms. The van der Waals surface area contributed by atoms with Gasteiger partial charge in [0, 0.05) is 17.6 Å². The fourth-order valence-corrected chi connectivity index (χ4v) is 3.72. The van der Waals surface area contributed by atoms with E-state index >= 15 is 0 Å². The number of aromatic hydroxyl groups is 1. The Labute approximate surface area is 187 Å². The normalized spacial score (nSPS) is 12.9. The molecule has 0 fully saturated rings. The van der Waals surface area contributed by atoms with E-state index in [9.17, 15) is 10.2 Å². The first-order chi connectivity index (χ1) is 14.8. The smallest absolute Gasteiger partial charge is 0.140 e. The summed E-state index contributed by atoms with van der Waals surface area (Å²) in [6.07, 6.45) is 3.98. The van der Waals surface area contributed by atoms with Crippen LogP contribution in [0.25, 0.3) is 12.2 Å². The van der Waals surface area contributed by atoms with E-state index in [4.69, 9.17) is 4.74 Å². The lowest BCUT2D eigenvalue weighted by molar-refractivity contribution is 0.0987.